The van der Waals surface area contributed by atoms with Gasteiger partial charge in [-0.3, -0.25) is 0 Å². The summed E-state index contributed by atoms with van der Waals surface area (Å²) in [6.45, 7) is 5.32. The lowest BCUT2D eigenvalue weighted by Crippen LogP contribution is -2.25. The molecule has 0 aromatic heterocycles. The molecule has 0 saturated heterocycles. The molecule has 30 heavy (non-hydrogen) atoms. The van der Waals surface area contributed by atoms with Gasteiger partial charge in [-0.05, 0) is 87.0 Å². The van der Waals surface area contributed by atoms with E-state index in [0.29, 0.717) is 5.92 Å². The van der Waals surface area contributed by atoms with Gasteiger partial charge in [-0.1, -0.05) is 70.6 Å². The minimum atomic E-state index is 0.604. The molecule has 2 aliphatic carbocycles. The van der Waals surface area contributed by atoms with Gasteiger partial charge in [0.2, 0.25) is 0 Å². The van der Waals surface area contributed by atoms with Crippen molar-refractivity contribution in [1.82, 2.24) is 0 Å². The molecule has 2 saturated carbocycles. The maximum atomic E-state index is 5.75. The van der Waals surface area contributed by atoms with Gasteiger partial charge < -0.3 is 4.74 Å². The Balaban J connectivity index is 1.36. The number of rotatable bonds is 9. The number of ether oxygens (including phenoxy) is 1. The third kappa shape index (κ3) is 7.68. The Labute approximate surface area is 186 Å². The first-order valence-electron chi connectivity index (χ1n) is 13.0. The van der Waals surface area contributed by atoms with E-state index in [1.54, 1.807) is 0 Å². The van der Waals surface area contributed by atoms with Crippen molar-refractivity contribution in [2.24, 2.45) is 23.7 Å². The maximum absolute atomic E-state index is 5.75. The predicted octanol–water partition coefficient (Wildman–Crippen LogP) is 8.41. The molecule has 0 atom stereocenters. The molecule has 0 bridgehead atoms. The fourth-order valence-electron chi connectivity index (χ4n) is 5.52. The second-order valence-electron chi connectivity index (χ2n) is 9.88. The highest BCUT2D eigenvalue weighted by Crippen LogP contribution is 2.42. The van der Waals surface area contributed by atoms with E-state index in [1.165, 1.54) is 83.5 Å². The van der Waals surface area contributed by atoms with Crippen LogP contribution in [-0.4, -0.2) is 6.61 Å². The van der Waals surface area contributed by atoms with Crippen molar-refractivity contribution in [3.63, 3.8) is 0 Å². The summed E-state index contributed by atoms with van der Waals surface area (Å²) < 4.78 is 5.75. The fraction of sp³-hybridized carbons (Fsp3) is 0.724. The van der Waals surface area contributed by atoms with Crippen molar-refractivity contribution in [1.29, 1.82) is 0 Å². The van der Waals surface area contributed by atoms with Crippen LogP contribution in [0.25, 0.3) is 0 Å². The monoisotopic (exact) mass is 408 g/mol. The zero-order chi connectivity index (χ0) is 21.0. The van der Waals surface area contributed by atoms with Crippen LogP contribution < -0.4 is 4.74 Å². The van der Waals surface area contributed by atoms with Gasteiger partial charge in [-0.25, -0.2) is 0 Å². The van der Waals surface area contributed by atoms with E-state index >= 15 is 0 Å². The Morgan fingerprint density at radius 2 is 1.40 bits per heavy atom. The summed E-state index contributed by atoms with van der Waals surface area (Å²) in [5.74, 6) is 11.6. The molecule has 0 radical (unpaired) electrons. The molecule has 0 N–H and O–H groups in total. The second kappa shape index (κ2) is 13.1. The van der Waals surface area contributed by atoms with Gasteiger partial charge in [0, 0.05) is 11.5 Å². The highest BCUT2D eigenvalue weighted by atomic mass is 16.5. The predicted molar refractivity (Wildman–Crippen MR) is 129 cm³/mol. The van der Waals surface area contributed by atoms with E-state index in [0.717, 1.165) is 42.1 Å². The molecular weight excluding hydrogens is 364 g/mol. The van der Waals surface area contributed by atoms with Crippen molar-refractivity contribution in [2.75, 3.05) is 6.61 Å². The van der Waals surface area contributed by atoms with Crippen LogP contribution in [-0.2, 0) is 0 Å². The summed E-state index contributed by atoms with van der Waals surface area (Å²) >= 11 is 0. The number of hydrogen-bond donors (Lipinski definition) is 0. The van der Waals surface area contributed by atoms with Crippen molar-refractivity contribution in [3.8, 4) is 17.6 Å². The van der Waals surface area contributed by atoms with E-state index in [1.807, 2.05) is 0 Å². The first-order chi connectivity index (χ1) is 14.8. The van der Waals surface area contributed by atoms with E-state index in [4.69, 9.17) is 4.74 Å². The van der Waals surface area contributed by atoms with Crippen molar-refractivity contribution >= 4 is 0 Å². The first-order valence-corrected chi connectivity index (χ1v) is 13.0. The van der Waals surface area contributed by atoms with Crippen LogP contribution in [0.2, 0.25) is 0 Å². The highest BCUT2D eigenvalue weighted by Gasteiger charge is 2.30. The third-order valence-electron chi connectivity index (χ3n) is 7.59. The standard InChI is InChI=1S/C29H44O/c1-3-5-7-8-24-11-17-27(18-12-24)28-19-13-25(14-20-28)9-10-26-15-21-29(22-16-26)30-23-6-4-2/h15-16,21-22,24-25,27-28H,3-8,11-14,17-20,23H2,1-2H3/t24-,25?,27-,28?. The molecular formula is C29H44O. The lowest BCUT2D eigenvalue weighted by molar-refractivity contribution is 0.153. The quantitative estimate of drug-likeness (QED) is 0.294. The molecule has 0 amide bonds. The molecule has 1 heteroatoms. The zero-order valence-electron chi connectivity index (χ0n) is 19.6. The molecule has 0 spiro atoms. The SMILES string of the molecule is CCCCC[C@H]1CC[C@H](C2CCC(C#Cc3ccc(OCCCC)cc3)CC2)CC1. The summed E-state index contributed by atoms with van der Waals surface area (Å²) in [6, 6.07) is 8.35. The summed E-state index contributed by atoms with van der Waals surface area (Å²) in [4.78, 5) is 0. The van der Waals surface area contributed by atoms with Crippen LogP contribution in [0.5, 0.6) is 5.75 Å². The fourth-order valence-corrected chi connectivity index (χ4v) is 5.52. The third-order valence-corrected chi connectivity index (χ3v) is 7.59. The van der Waals surface area contributed by atoms with E-state index in [-0.39, 0.29) is 0 Å². The van der Waals surface area contributed by atoms with E-state index < -0.39 is 0 Å². The van der Waals surface area contributed by atoms with Gasteiger partial charge in [0.25, 0.3) is 0 Å². The lowest BCUT2D eigenvalue weighted by atomic mass is 9.69. The Morgan fingerprint density at radius 1 is 0.767 bits per heavy atom. The van der Waals surface area contributed by atoms with Gasteiger partial charge in [-0.15, -0.1) is 0 Å². The lowest BCUT2D eigenvalue weighted by Gasteiger charge is -2.37. The minimum Gasteiger partial charge on any atom is -0.494 e. The minimum absolute atomic E-state index is 0.604. The van der Waals surface area contributed by atoms with Crippen LogP contribution in [0.1, 0.15) is 109 Å². The summed E-state index contributed by atoms with van der Waals surface area (Å²) in [5.41, 5.74) is 1.13. The maximum Gasteiger partial charge on any atom is 0.119 e. The molecule has 2 fully saturated rings. The molecule has 1 aromatic carbocycles. The smallest absolute Gasteiger partial charge is 0.119 e. The normalized spacial score (nSPS) is 26.6. The van der Waals surface area contributed by atoms with Crippen LogP contribution >= 0.6 is 0 Å². The van der Waals surface area contributed by atoms with Crippen LogP contribution in [0.4, 0.5) is 0 Å². The number of unbranched alkanes of at least 4 members (excludes halogenated alkanes) is 3. The van der Waals surface area contributed by atoms with Crippen LogP contribution in [0, 0.1) is 35.5 Å². The summed E-state index contributed by atoms with van der Waals surface area (Å²) in [7, 11) is 0. The Hall–Kier alpha value is -1.42. The Bertz CT molecular complexity index is 633. The van der Waals surface area contributed by atoms with Crippen molar-refractivity contribution < 1.29 is 4.74 Å². The van der Waals surface area contributed by atoms with Gasteiger partial charge in [0.1, 0.15) is 5.75 Å². The average molecular weight is 409 g/mol. The molecule has 3 rings (SSSR count). The Kier molecular flexibility index (Phi) is 10.1. The number of benzene rings is 1. The van der Waals surface area contributed by atoms with Crippen molar-refractivity contribution in [2.45, 2.75) is 104 Å². The molecule has 2 aliphatic rings. The number of hydrogen-bond acceptors (Lipinski definition) is 1. The van der Waals surface area contributed by atoms with Gasteiger partial charge >= 0.3 is 0 Å². The van der Waals surface area contributed by atoms with Crippen LogP contribution in [0.3, 0.4) is 0 Å². The molecule has 1 aromatic rings. The average Bonchev–Trinajstić information content (AvgIpc) is 2.80. The zero-order valence-corrected chi connectivity index (χ0v) is 19.6. The topological polar surface area (TPSA) is 9.23 Å². The second-order valence-corrected chi connectivity index (χ2v) is 9.88. The Morgan fingerprint density at radius 3 is 2.03 bits per heavy atom. The molecule has 0 unspecified atom stereocenters. The molecule has 0 aliphatic heterocycles. The van der Waals surface area contributed by atoms with Gasteiger partial charge in [0.15, 0.2) is 0 Å². The summed E-state index contributed by atoms with van der Waals surface area (Å²) in [6.07, 6.45) is 19.5. The van der Waals surface area contributed by atoms with E-state index in [2.05, 4.69) is 50.0 Å². The van der Waals surface area contributed by atoms with Crippen LogP contribution in [0.15, 0.2) is 24.3 Å². The van der Waals surface area contributed by atoms with Crippen molar-refractivity contribution in [3.05, 3.63) is 29.8 Å². The first kappa shape index (κ1) is 23.2. The molecule has 1 nitrogen and oxygen atoms in total. The summed E-state index contributed by atoms with van der Waals surface area (Å²) in [5, 5.41) is 0. The molecule has 166 valence electrons. The largest absolute Gasteiger partial charge is 0.494 e. The van der Waals surface area contributed by atoms with Gasteiger partial charge in [0.05, 0.1) is 6.61 Å². The highest BCUT2D eigenvalue weighted by molar-refractivity contribution is 5.38. The van der Waals surface area contributed by atoms with Gasteiger partial charge in [-0.2, -0.15) is 0 Å². The molecule has 0 heterocycles. The van der Waals surface area contributed by atoms with E-state index in [9.17, 15) is 0 Å².